The first-order chi connectivity index (χ1) is 12.1. The van der Waals surface area contributed by atoms with Gasteiger partial charge in [-0.3, -0.25) is 4.79 Å². The van der Waals surface area contributed by atoms with Gasteiger partial charge in [-0.25, -0.2) is 0 Å². The van der Waals surface area contributed by atoms with E-state index >= 15 is 0 Å². The smallest absolute Gasteiger partial charge is 0.252 e. The monoisotopic (exact) mass is 356 g/mol. The fourth-order valence-electron chi connectivity index (χ4n) is 2.63. The van der Waals surface area contributed by atoms with Crippen LogP contribution in [0.4, 0.5) is 0 Å². The van der Waals surface area contributed by atoms with E-state index in [1.54, 1.807) is 7.11 Å². The number of thiazole rings is 1. The Kier molecular flexibility index (Phi) is 5.19. The van der Waals surface area contributed by atoms with Gasteiger partial charge in [0.1, 0.15) is 17.0 Å². The number of nitrogens with zero attached hydrogens (tertiary/aromatic N) is 2. The number of hydrogen-bond donors (Lipinski definition) is 0. The summed E-state index contributed by atoms with van der Waals surface area (Å²) in [6.45, 7) is 2.57. The van der Waals surface area contributed by atoms with Gasteiger partial charge < -0.3 is 14.0 Å². The zero-order valence-corrected chi connectivity index (χ0v) is 15.3. The van der Waals surface area contributed by atoms with Crippen LogP contribution in [0, 0.1) is 0 Å². The van der Waals surface area contributed by atoms with Crippen molar-refractivity contribution in [3.05, 3.63) is 52.8 Å². The van der Waals surface area contributed by atoms with E-state index < -0.39 is 0 Å². The lowest BCUT2D eigenvalue weighted by molar-refractivity contribution is -0.117. The summed E-state index contributed by atoms with van der Waals surface area (Å²) in [7, 11) is 3.53. The SMILES string of the molecule is CCOc1ccc(CC(=O)N=c2sc3cccc(OC)c3n2C)cc1. The van der Waals surface area contributed by atoms with Crippen LogP contribution >= 0.6 is 11.3 Å². The molecule has 0 N–H and O–H groups in total. The highest BCUT2D eigenvalue weighted by Gasteiger charge is 2.10. The number of hydrogen-bond acceptors (Lipinski definition) is 4. The average molecular weight is 356 g/mol. The van der Waals surface area contributed by atoms with Crippen LogP contribution in [0.1, 0.15) is 12.5 Å². The maximum Gasteiger partial charge on any atom is 0.252 e. The van der Waals surface area contributed by atoms with Crippen molar-refractivity contribution < 1.29 is 14.3 Å². The van der Waals surface area contributed by atoms with Crippen LogP contribution in [0.2, 0.25) is 0 Å². The Morgan fingerprint density at radius 3 is 2.64 bits per heavy atom. The molecule has 1 amide bonds. The van der Waals surface area contributed by atoms with Gasteiger partial charge in [0.2, 0.25) is 0 Å². The molecule has 25 heavy (non-hydrogen) atoms. The summed E-state index contributed by atoms with van der Waals surface area (Å²) in [5.41, 5.74) is 1.86. The summed E-state index contributed by atoms with van der Waals surface area (Å²) in [6.07, 6.45) is 0.262. The van der Waals surface area contributed by atoms with Crippen molar-refractivity contribution in [3.8, 4) is 11.5 Å². The van der Waals surface area contributed by atoms with Crippen molar-refractivity contribution >= 4 is 27.5 Å². The molecular weight excluding hydrogens is 336 g/mol. The van der Waals surface area contributed by atoms with E-state index in [1.165, 1.54) is 11.3 Å². The number of rotatable bonds is 5. The van der Waals surface area contributed by atoms with Crippen molar-refractivity contribution in [2.24, 2.45) is 12.0 Å². The topological polar surface area (TPSA) is 52.8 Å². The van der Waals surface area contributed by atoms with Gasteiger partial charge in [0.25, 0.3) is 5.91 Å². The molecule has 0 aliphatic carbocycles. The molecule has 1 aromatic heterocycles. The number of aryl methyl sites for hydroxylation is 1. The van der Waals surface area contributed by atoms with Crippen molar-refractivity contribution in [3.63, 3.8) is 0 Å². The van der Waals surface area contributed by atoms with E-state index in [-0.39, 0.29) is 12.3 Å². The Balaban J connectivity index is 1.86. The van der Waals surface area contributed by atoms with E-state index in [9.17, 15) is 4.79 Å². The molecule has 3 rings (SSSR count). The third-order valence-electron chi connectivity index (χ3n) is 3.82. The van der Waals surface area contributed by atoms with Crippen LogP contribution in [0.15, 0.2) is 47.5 Å². The second-order valence-electron chi connectivity index (χ2n) is 5.51. The molecule has 0 aliphatic rings. The predicted octanol–water partition coefficient (Wildman–Crippen LogP) is 3.32. The number of amides is 1. The first kappa shape index (κ1) is 17.2. The van der Waals surface area contributed by atoms with Gasteiger partial charge in [0.05, 0.1) is 24.8 Å². The number of aromatic nitrogens is 1. The van der Waals surface area contributed by atoms with Gasteiger partial charge in [-0.15, -0.1) is 0 Å². The van der Waals surface area contributed by atoms with E-state index in [0.29, 0.717) is 11.4 Å². The van der Waals surface area contributed by atoms with Crippen molar-refractivity contribution in [2.75, 3.05) is 13.7 Å². The molecule has 0 fully saturated rings. The lowest BCUT2D eigenvalue weighted by Crippen LogP contribution is -2.14. The Bertz CT molecular complexity index is 955. The molecular formula is C19H20N2O3S. The lowest BCUT2D eigenvalue weighted by Gasteiger charge is -2.04. The molecule has 0 saturated heterocycles. The number of para-hydroxylation sites is 1. The maximum atomic E-state index is 12.3. The van der Waals surface area contributed by atoms with Crippen LogP contribution in [0.25, 0.3) is 10.2 Å². The number of carbonyl (C=O) groups excluding carboxylic acids is 1. The summed E-state index contributed by atoms with van der Waals surface area (Å²) in [6, 6.07) is 13.4. The maximum absolute atomic E-state index is 12.3. The van der Waals surface area contributed by atoms with Crippen LogP contribution < -0.4 is 14.3 Å². The van der Waals surface area contributed by atoms with E-state index in [2.05, 4.69) is 4.99 Å². The molecule has 0 aliphatic heterocycles. The fraction of sp³-hybridized carbons (Fsp3) is 0.263. The number of benzene rings is 2. The Morgan fingerprint density at radius 2 is 1.96 bits per heavy atom. The molecule has 0 unspecified atom stereocenters. The summed E-state index contributed by atoms with van der Waals surface area (Å²) in [5, 5.41) is 0. The normalized spacial score (nSPS) is 11.7. The van der Waals surface area contributed by atoms with E-state index in [0.717, 1.165) is 27.3 Å². The minimum absolute atomic E-state index is 0.176. The van der Waals surface area contributed by atoms with Gasteiger partial charge >= 0.3 is 0 Å². The minimum Gasteiger partial charge on any atom is -0.495 e. The number of fused-ring (bicyclic) bond motifs is 1. The van der Waals surface area contributed by atoms with Gasteiger partial charge in [0.15, 0.2) is 4.80 Å². The zero-order chi connectivity index (χ0) is 17.8. The molecule has 0 radical (unpaired) electrons. The second-order valence-corrected chi connectivity index (χ2v) is 6.52. The Labute approximate surface area is 150 Å². The van der Waals surface area contributed by atoms with Crippen LogP contribution in [-0.4, -0.2) is 24.2 Å². The molecule has 0 bridgehead atoms. The number of carbonyl (C=O) groups is 1. The first-order valence-electron chi connectivity index (χ1n) is 8.04. The second kappa shape index (κ2) is 7.53. The molecule has 0 saturated carbocycles. The summed E-state index contributed by atoms with van der Waals surface area (Å²) >= 11 is 1.48. The van der Waals surface area contributed by atoms with Gasteiger partial charge in [-0.05, 0) is 36.8 Å². The molecule has 3 aromatic rings. The largest absolute Gasteiger partial charge is 0.495 e. The molecule has 5 nitrogen and oxygen atoms in total. The van der Waals surface area contributed by atoms with Crippen LogP contribution in [0.5, 0.6) is 11.5 Å². The van der Waals surface area contributed by atoms with Crippen molar-refractivity contribution in [1.82, 2.24) is 4.57 Å². The molecule has 0 atom stereocenters. The number of ether oxygens (including phenoxy) is 2. The van der Waals surface area contributed by atoms with Gasteiger partial charge in [-0.1, -0.05) is 29.5 Å². The highest BCUT2D eigenvalue weighted by atomic mass is 32.1. The van der Waals surface area contributed by atoms with Crippen molar-refractivity contribution in [1.29, 1.82) is 0 Å². The molecule has 0 spiro atoms. The Morgan fingerprint density at radius 1 is 1.20 bits per heavy atom. The quantitative estimate of drug-likeness (QED) is 0.705. The van der Waals surface area contributed by atoms with E-state index in [4.69, 9.17) is 9.47 Å². The van der Waals surface area contributed by atoms with Gasteiger partial charge in [0, 0.05) is 7.05 Å². The zero-order valence-electron chi connectivity index (χ0n) is 14.5. The van der Waals surface area contributed by atoms with Crippen LogP contribution in [0.3, 0.4) is 0 Å². The van der Waals surface area contributed by atoms with Gasteiger partial charge in [-0.2, -0.15) is 4.99 Å². The standard InChI is InChI=1S/C19H20N2O3S/c1-4-24-14-10-8-13(9-11-14)12-17(22)20-19-21(2)18-15(23-3)6-5-7-16(18)25-19/h5-11H,4,12H2,1-3H3. The number of methoxy groups -OCH3 is 1. The highest BCUT2D eigenvalue weighted by Crippen LogP contribution is 2.26. The third-order valence-corrected chi connectivity index (χ3v) is 4.91. The van der Waals surface area contributed by atoms with Crippen molar-refractivity contribution in [2.45, 2.75) is 13.3 Å². The molecule has 1 heterocycles. The molecule has 6 heteroatoms. The first-order valence-corrected chi connectivity index (χ1v) is 8.86. The average Bonchev–Trinajstić information content (AvgIpc) is 2.93. The summed E-state index contributed by atoms with van der Waals surface area (Å²) in [5.74, 6) is 1.40. The fourth-order valence-corrected chi connectivity index (χ4v) is 3.68. The molecule has 2 aromatic carbocycles. The minimum atomic E-state index is -0.176. The van der Waals surface area contributed by atoms with Crippen LogP contribution in [-0.2, 0) is 18.3 Å². The van der Waals surface area contributed by atoms with E-state index in [1.807, 2.05) is 61.0 Å². The summed E-state index contributed by atoms with van der Waals surface area (Å²) in [4.78, 5) is 17.3. The lowest BCUT2D eigenvalue weighted by atomic mass is 10.1. The Hall–Kier alpha value is -2.60. The third kappa shape index (κ3) is 3.74. The highest BCUT2D eigenvalue weighted by molar-refractivity contribution is 7.16. The predicted molar refractivity (Wildman–Crippen MR) is 99.2 cm³/mol. The summed E-state index contributed by atoms with van der Waals surface area (Å²) < 4.78 is 13.7. The molecule has 130 valence electrons.